The van der Waals surface area contributed by atoms with Gasteiger partial charge in [-0.1, -0.05) is 0 Å². The number of urea groups is 1. The van der Waals surface area contributed by atoms with Crippen molar-refractivity contribution in [3.63, 3.8) is 0 Å². The van der Waals surface area contributed by atoms with Gasteiger partial charge in [-0.15, -0.1) is 0 Å². The van der Waals surface area contributed by atoms with Gasteiger partial charge < -0.3 is 11.1 Å². The summed E-state index contributed by atoms with van der Waals surface area (Å²) in [7, 11) is 0. The highest BCUT2D eigenvalue weighted by Gasteiger charge is 2.54. The Hall–Kier alpha value is -0.870. The molecule has 0 saturated heterocycles. The minimum atomic E-state index is -2.63. The summed E-state index contributed by atoms with van der Waals surface area (Å²) >= 11 is 0. The Morgan fingerprint density at radius 1 is 1.55 bits per heavy atom. The number of rotatable bonds is 1. The molecular weight excluding hydrogens is 154 g/mol. The number of primary amides is 1. The summed E-state index contributed by atoms with van der Waals surface area (Å²) in [5.41, 5.74) is 3.99. The summed E-state index contributed by atoms with van der Waals surface area (Å²) in [4.78, 5) is 10.3. The Balaban J connectivity index is 2.43. The summed E-state index contributed by atoms with van der Waals surface area (Å²) in [6.07, 6.45) is -0.633. The number of amides is 2. The van der Waals surface area contributed by atoms with Crippen LogP contribution in [0.1, 0.15) is 19.8 Å². The molecule has 0 spiro atoms. The molecule has 0 bridgehead atoms. The molecule has 3 nitrogen and oxygen atoms in total. The van der Waals surface area contributed by atoms with Crippen LogP contribution in [0.3, 0.4) is 0 Å². The zero-order valence-corrected chi connectivity index (χ0v) is 6.16. The lowest BCUT2D eigenvalue weighted by Gasteiger charge is -2.44. The molecule has 0 aromatic carbocycles. The van der Waals surface area contributed by atoms with Gasteiger partial charge in [-0.25, -0.2) is 13.6 Å². The number of carbonyl (C=O) groups is 1. The van der Waals surface area contributed by atoms with Gasteiger partial charge in [0.1, 0.15) is 0 Å². The minimum absolute atomic E-state index is 0.317. The van der Waals surface area contributed by atoms with Crippen LogP contribution >= 0.6 is 0 Å². The topological polar surface area (TPSA) is 55.1 Å². The van der Waals surface area contributed by atoms with Crippen LogP contribution in [0.5, 0.6) is 0 Å². The van der Waals surface area contributed by atoms with Crippen molar-refractivity contribution in [1.82, 2.24) is 5.32 Å². The van der Waals surface area contributed by atoms with Crippen molar-refractivity contribution in [2.45, 2.75) is 31.2 Å². The van der Waals surface area contributed by atoms with Crippen molar-refractivity contribution in [3.05, 3.63) is 0 Å². The van der Waals surface area contributed by atoms with Crippen LogP contribution < -0.4 is 11.1 Å². The van der Waals surface area contributed by atoms with Crippen molar-refractivity contribution in [1.29, 1.82) is 0 Å². The lowest BCUT2D eigenvalue weighted by molar-refractivity contribution is -0.123. The molecule has 2 amide bonds. The van der Waals surface area contributed by atoms with E-state index in [2.05, 4.69) is 5.32 Å². The average Bonchev–Trinajstić information content (AvgIpc) is 1.52. The molecule has 3 N–H and O–H groups in total. The van der Waals surface area contributed by atoms with Gasteiger partial charge in [0.15, 0.2) is 0 Å². The standard InChI is InChI=1S/C6H10F2N2O/c1-5(10-4(9)11)2-6(7,8)3-5/h2-3H2,1H3,(H3,9,10,11). The van der Waals surface area contributed by atoms with E-state index in [1.165, 1.54) is 0 Å². The first kappa shape index (κ1) is 8.23. The Morgan fingerprint density at radius 3 is 2.27 bits per heavy atom. The summed E-state index contributed by atoms with van der Waals surface area (Å²) in [6, 6.07) is -0.747. The second kappa shape index (κ2) is 2.06. The number of nitrogens with two attached hydrogens (primary N) is 1. The molecule has 0 heterocycles. The summed E-state index contributed by atoms with van der Waals surface area (Å²) < 4.78 is 24.6. The van der Waals surface area contributed by atoms with E-state index in [4.69, 9.17) is 5.73 Å². The fourth-order valence-corrected chi connectivity index (χ4v) is 1.48. The highest BCUT2D eigenvalue weighted by Crippen LogP contribution is 2.44. The summed E-state index contributed by atoms with van der Waals surface area (Å²) in [6.45, 7) is 1.55. The van der Waals surface area contributed by atoms with Gasteiger partial charge in [-0.2, -0.15) is 0 Å². The first-order valence-electron chi connectivity index (χ1n) is 3.28. The number of halogens is 2. The van der Waals surface area contributed by atoms with Crippen LogP contribution in [-0.2, 0) is 0 Å². The normalized spacial score (nSPS) is 25.4. The van der Waals surface area contributed by atoms with Crippen molar-refractivity contribution in [3.8, 4) is 0 Å². The number of alkyl halides is 2. The van der Waals surface area contributed by atoms with Gasteiger partial charge in [0.05, 0.1) is 5.54 Å². The minimum Gasteiger partial charge on any atom is -0.352 e. The maximum Gasteiger partial charge on any atom is 0.312 e. The molecule has 1 aliphatic carbocycles. The maximum atomic E-state index is 12.3. The van der Waals surface area contributed by atoms with Crippen LogP contribution in [0.4, 0.5) is 13.6 Å². The molecule has 1 saturated carbocycles. The van der Waals surface area contributed by atoms with E-state index in [0.29, 0.717) is 0 Å². The largest absolute Gasteiger partial charge is 0.352 e. The van der Waals surface area contributed by atoms with Gasteiger partial charge in [-0.3, -0.25) is 0 Å². The van der Waals surface area contributed by atoms with E-state index in [-0.39, 0.29) is 12.8 Å². The third-order valence-corrected chi connectivity index (χ3v) is 1.72. The van der Waals surface area contributed by atoms with Crippen LogP contribution in [0, 0.1) is 0 Å². The molecule has 0 aromatic rings. The van der Waals surface area contributed by atoms with Crippen molar-refractivity contribution >= 4 is 6.03 Å². The molecular formula is C6H10F2N2O. The zero-order chi connectivity index (χ0) is 8.70. The quantitative estimate of drug-likeness (QED) is 0.592. The predicted octanol–water partition coefficient (Wildman–Crippen LogP) is 0.843. The number of hydrogen-bond acceptors (Lipinski definition) is 1. The van der Waals surface area contributed by atoms with Crippen molar-refractivity contribution in [2.24, 2.45) is 5.73 Å². The zero-order valence-electron chi connectivity index (χ0n) is 6.16. The molecule has 64 valence electrons. The molecule has 0 aliphatic heterocycles. The smallest absolute Gasteiger partial charge is 0.312 e. The second-order valence-electron chi connectivity index (χ2n) is 3.26. The highest BCUT2D eigenvalue weighted by atomic mass is 19.3. The van der Waals surface area contributed by atoms with Gasteiger partial charge in [0.25, 0.3) is 5.92 Å². The Morgan fingerprint density at radius 2 is 2.00 bits per heavy atom. The molecule has 0 atom stereocenters. The predicted molar refractivity (Wildman–Crippen MR) is 35.3 cm³/mol. The first-order chi connectivity index (χ1) is 4.83. The van der Waals surface area contributed by atoms with Crippen LogP contribution in [0.15, 0.2) is 0 Å². The Labute approximate surface area is 62.9 Å². The molecule has 0 unspecified atom stereocenters. The van der Waals surface area contributed by atoms with Gasteiger partial charge in [0, 0.05) is 12.8 Å². The van der Waals surface area contributed by atoms with Crippen LogP contribution in [0.2, 0.25) is 0 Å². The Bertz CT molecular complexity index is 185. The molecule has 5 heteroatoms. The lowest BCUT2D eigenvalue weighted by Crippen LogP contribution is -2.61. The lowest BCUT2D eigenvalue weighted by atomic mass is 9.75. The van der Waals surface area contributed by atoms with E-state index in [1.807, 2.05) is 0 Å². The fourth-order valence-electron chi connectivity index (χ4n) is 1.48. The number of nitrogens with one attached hydrogen (secondary N) is 1. The highest BCUT2D eigenvalue weighted by molar-refractivity contribution is 5.72. The van der Waals surface area contributed by atoms with E-state index >= 15 is 0 Å². The van der Waals surface area contributed by atoms with Crippen LogP contribution in [-0.4, -0.2) is 17.5 Å². The van der Waals surface area contributed by atoms with Crippen LogP contribution in [0.25, 0.3) is 0 Å². The van der Waals surface area contributed by atoms with Gasteiger partial charge in [0.2, 0.25) is 0 Å². The van der Waals surface area contributed by atoms with Crippen molar-refractivity contribution in [2.75, 3.05) is 0 Å². The summed E-state index contributed by atoms with van der Waals surface area (Å²) in [5.74, 6) is -2.63. The van der Waals surface area contributed by atoms with E-state index in [1.54, 1.807) is 6.92 Å². The number of carbonyl (C=O) groups excluding carboxylic acids is 1. The maximum absolute atomic E-state index is 12.3. The van der Waals surface area contributed by atoms with E-state index in [0.717, 1.165) is 0 Å². The summed E-state index contributed by atoms with van der Waals surface area (Å²) in [5, 5.41) is 2.27. The third kappa shape index (κ3) is 1.78. The molecule has 11 heavy (non-hydrogen) atoms. The molecule has 0 aromatic heterocycles. The van der Waals surface area contributed by atoms with E-state index in [9.17, 15) is 13.6 Å². The number of hydrogen-bond donors (Lipinski definition) is 2. The monoisotopic (exact) mass is 164 g/mol. The van der Waals surface area contributed by atoms with Crippen molar-refractivity contribution < 1.29 is 13.6 Å². The third-order valence-electron chi connectivity index (χ3n) is 1.72. The van der Waals surface area contributed by atoms with E-state index < -0.39 is 17.5 Å². The van der Waals surface area contributed by atoms with Gasteiger partial charge >= 0.3 is 6.03 Å². The Kier molecular flexibility index (Phi) is 1.54. The SMILES string of the molecule is CC1(NC(N)=O)CC(F)(F)C1. The second-order valence-corrected chi connectivity index (χ2v) is 3.26. The fraction of sp³-hybridized carbons (Fsp3) is 0.833. The molecule has 1 fully saturated rings. The molecule has 1 rings (SSSR count). The first-order valence-corrected chi connectivity index (χ1v) is 3.28. The molecule has 1 aliphatic rings. The molecule has 0 radical (unpaired) electrons. The average molecular weight is 164 g/mol. The van der Waals surface area contributed by atoms with Gasteiger partial charge in [-0.05, 0) is 6.92 Å².